The van der Waals surface area contributed by atoms with Crippen molar-refractivity contribution >= 4 is 29.5 Å². The SMILES string of the molecule is C[N+](C)(CCOC(=O)Nc1cccc(N=C=O)c1)CCC(=O)O. The number of benzene rings is 1. The summed E-state index contributed by atoms with van der Waals surface area (Å²) in [6, 6.07) is 6.39. The minimum Gasteiger partial charge on any atom is -0.481 e. The first-order valence-corrected chi connectivity index (χ1v) is 6.98. The zero-order chi connectivity index (χ0) is 17.3. The Balaban J connectivity index is 2.41. The van der Waals surface area contributed by atoms with Crippen molar-refractivity contribution in [3.05, 3.63) is 24.3 Å². The third-order valence-electron chi connectivity index (χ3n) is 3.13. The van der Waals surface area contributed by atoms with Gasteiger partial charge in [-0.3, -0.25) is 10.1 Å². The number of hydrogen-bond acceptors (Lipinski definition) is 5. The molecule has 8 heteroatoms. The van der Waals surface area contributed by atoms with Gasteiger partial charge in [0.1, 0.15) is 13.2 Å². The second-order valence-electron chi connectivity index (χ2n) is 5.54. The number of carbonyl (C=O) groups is 2. The number of carboxylic acid groups (broad SMARTS) is 1. The summed E-state index contributed by atoms with van der Waals surface area (Å²) in [6.45, 7) is 1.10. The van der Waals surface area contributed by atoms with Crippen LogP contribution in [-0.2, 0) is 14.3 Å². The summed E-state index contributed by atoms with van der Waals surface area (Å²) < 4.78 is 5.50. The van der Waals surface area contributed by atoms with Gasteiger partial charge in [0.2, 0.25) is 6.08 Å². The van der Waals surface area contributed by atoms with Gasteiger partial charge in [-0.15, -0.1) is 0 Å². The molecule has 8 nitrogen and oxygen atoms in total. The van der Waals surface area contributed by atoms with Gasteiger partial charge < -0.3 is 14.3 Å². The van der Waals surface area contributed by atoms with E-state index in [1.807, 2.05) is 14.1 Å². The summed E-state index contributed by atoms with van der Waals surface area (Å²) in [5.41, 5.74) is 0.829. The van der Waals surface area contributed by atoms with E-state index in [9.17, 15) is 14.4 Å². The summed E-state index contributed by atoms with van der Waals surface area (Å²) >= 11 is 0. The van der Waals surface area contributed by atoms with Crippen molar-refractivity contribution in [1.29, 1.82) is 0 Å². The Kier molecular flexibility index (Phi) is 6.92. The highest BCUT2D eigenvalue weighted by molar-refractivity contribution is 5.85. The first kappa shape index (κ1) is 18.3. The molecular formula is C15H20N3O5+. The zero-order valence-corrected chi connectivity index (χ0v) is 13.1. The Bertz CT molecular complexity index is 609. The molecule has 0 spiro atoms. The quantitative estimate of drug-likeness (QED) is 0.431. The number of aliphatic imine (C=N–C) groups is 1. The van der Waals surface area contributed by atoms with Gasteiger partial charge in [-0.2, -0.15) is 4.99 Å². The second-order valence-corrected chi connectivity index (χ2v) is 5.54. The molecule has 0 saturated carbocycles. The Hall–Kier alpha value is -2.70. The van der Waals surface area contributed by atoms with E-state index in [0.29, 0.717) is 28.9 Å². The second kappa shape index (κ2) is 8.67. The normalized spacial score (nSPS) is 10.5. The highest BCUT2D eigenvalue weighted by atomic mass is 16.5. The van der Waals surface area contributed by atoms with Gasteiger partial charge in [-0.1, -0.05) is 6.07 Å². The number of anilines is 1. The molecule has 0 aromatic heterocycles. The highest BCUT2D eigenvalue weighted by Gasteiger charge is 2.17. The van der Waals surface area contributed by atoms with Crippen LogP contribution in [-0.4, -0.2) is 61.5 Å². The number of aliphatic carboxylic acids is 1. The molecule has 2 N–H and O–H groups in total. The first-order chi connectivity index (χ1) is 10.8. The summed E-state index contributed by atoms with van der Waals surface area (Å²) in [5, 5.41) is 11.2. The van der Waals surface area contributed by atoms with Crippen LogP contribution in [0.5, 0.6) is 0 Å². The fourth-order valence-electron chi connectivity index (χ4n) is 1.76. The number of hydrogen-bond donors (Lipinski definition) is 2. The lowest BCUT2D eigenvalue weighted by Gasteiger charge is -2.28. The minimum absolute atomic E-state index is 0.0588. The maximum atomic E-state index is 11.7. The van der Waals surface area contributed by atoms with E-state index in [1.54, 1.807) is 18.2 Å². The third kappa shape index (κ3) is 7.75. The average Bonchev–Trinajstić information content (AvgIpc) is 2.46. The van der Waals surface area contributed by atoms with Gasteiger partial charge in [0, 0.05) is 5.69 Å². The molecule has 1 aromatic carbocycles. The molecule has 0 aliphatic carbocycles. The molecule has 1 rings (SSSR count). The van der Waals surface area contributed by atoms with Crippen LogP contribution in [0.3, 0.4) is 0 Å². The number of likely N-dealkylation sites (N-methyl/N-ethyl adjacent to an activating group) is 1. The zero-order valence-electron chi connectivity index (χ0n) is 13.1. The lowest BCUT2D eigenvalue weighted by atomic mass is 10.3. The van der Waals surface area contributed by atoms with Crippen molar-refractivity contribution in [2.45, 2.75) is 6.42 Å². The fourth-order valence-corrected chi connectivity index (χ4v) is 1.76. The van der Waals surface area contributed by atoms with Crippen LogP contribution < -0.4 is 5.32 Å². The van der Waals surface area contributed by atoms with Crippen LogP contribution in [0.4, 0.5) is 16.2 Å². The van der Waals surface area contributed by atoms with Crippen LogP contribution in [0.15, 0.2) is 29.3 Å². The molecule has 0 fully saturated rings. The molecule has 124 valence electrons. The lowest BCUT2D eigenvalue weighted by molar-refractivity contribution is -0.889. The highest BCUT2D eigenvalue weighted by Crippen LogP contribution is 2.17. The van der Waals surface area contributed by atoms with Gasteiger partial charge in [-0.25, -0.2) is 9.59 Å². The largest absolute Gasteiger partial charge is 0.481 e. The summed E-state index contributed by atoms with van der Waals surface area (Å²) in [5.74, 6) is -0.854. The summed E-state index contributed by atoms with van der Waals surface area (Å²) in [7, 11) is 3.73. The molecule has 0 unspecified atom stereocenters. The maximum absolute atomic E-state index is 11.7. The van der Waals surface area contributed by atoms with E-state index in [4.69, 9.17) is 9.84 Å². The molecular weight excluding hydrogens is 302 g/mol. The van der Waals surface area contributed by atoms with Gasteiger partial charge in [0.15, 0.2) is 0 Å². The Labute approximate surface area is 134 Å². The van der Waals surface area contributed by atoms with E-state index in [-0.39, 0.29) is 13.0 Å². The molecule has 0 heterocycles. The van der Waals surface area contributed by atoms with Gasteiger partial charge in [0.25, 0.3) is 0 Å². The Morgan fingerprint density at radius 2 is 2.09 bits per heavy atom. The van der Waals surface area contributed by atoms with Crippen LogP contribution in [0.2, 0.25) is 0 Å². The third-order valence-corrected chi connectivity index (χ3v) is 3.13. The predicted octanol–water partition coefficient (Wildman–Crippen LogP) is 1.75. The van der Waals surface area contributed by atoms with Gasteiger partial charge >= 0.3 is 12.1 Å². The molecule has 23 heavy (non-hydrogen) atoms. The van der Waals surface area contributed by atoms with E-state index in [0.717, 1.165) is 0 Å². The number of carboxylic acids is 1. The monoisotopic (exact) mass is 322 g/mol. The Morgan fingerprint density at radius 1 is 1.35 bits per heavy atom. The Morgan fingerprint density at radius 3 is 2.74 bits per heavy atom. The number of quaternary nitrogens is 1. The van der Waals surface area contributed by atoms with Crippen molar-refractivity contribution in [1.82, 2.24) is 0 Å². The lowest BCUT2D eigenvalue weighted by Crippen LogP contribution is -2.44. The predicted molar refractivity (Wildman–Crippen MR) is 83.3 cm³/mol. The average molecular weight is 322 g/mol. The van der Waals surface area contributed by atoms with Crippen molar-refractivity contribution in [3.8, 4) is 0 Å². The number of nitrogens with zero attached hydrogens (tertiary/aromatic N) is 2. The molecule has 0 saturated heterocycles. The standard InChI is InChI=1S/C15H19N3O5/c1-18(2,7-6-14(20)21)8-9-23-15(22)17-13-5-3-4-12(10-13)16-11-19/h3-5,10H,6-9H2,1-2H3,(H-,17,20,21,22)/p+1. The smallest absolute Gasteiger partial charge is 0.411 e. The first-order valence-electron chi connectivity index (χ1n) is 6.98. The topological polar surface area (TPSA) is 105 Å². The van der Waals surface area contributed by atoms with Crippen LogP contribution in [0, 0.1) is 0 Å². The molecule has 1 amide bonds. The molecule has 1 aromatic rings. The number of rotatable bonds is 8. The molecule has 0 bridgehead atoms. The van der Waals surface area contributed by atoms with Crippen molar-refractivity contribution in [2.24, 2.45) is 4.99 Å². The minimum atomic E-state index is -0.854. The number of isocyanates is 1. The van der Waals surface area contributed by atoms with Crippen LogP contribution in [0.25, 0.3) is 0 Å². The summed E-state index contributed by atoms with van der Waals surface area (Å²) in [6.07, 6.45) is 0.852. The van der Waals surface area contributed by atoms with E-state index >= 15 is 0 Å². The number of carbonyl (C=O) groups excluding carboxylic acids is 2. The molecule has 0 atom stereocenters. The molecule has 0 radical (unpaired) electrons. The van der Waals surface area contributed by atoms with E-state index in [1.165, 1.54) is 12.1 Å². The molecule has 0 aliphatic rings. The maximum Gasteiger partial charge on any atom is 0.411 e. The van der Waals surface area contributed by atoms with Crippen molar-refractivity contribution in [3.63, 3.8) is 0 Å². The number of nitrogens with one attached hydrogen (secondary N) is 1. The van der Waals surface area contributed by atoms with E-state index < -0.39 is 12.1 Å². The van der Waals surface area contributed by atoms with Gasteiger partial charge in [0.05, 0.1) is 32.7 Å². The molecule has 0 aliphatic heterocycles. The van der Waals surface area contributed by atoms with Crippen molar-refractivity contribution in [2.75, 3.05) is 39.1 Å². The fraction of sp³-hybridized carbons (Fsp3) is 0.400. The summed E-state index contributed by atoms with van der Waals surface area (Å²) in [4.78, 5) is 35.9. The van der Waals surface area contributed by atoms with Crippen LogP contribution >= 0.6 is 0 Å². The number of amides is 1. The van der Waals surface area contributed by atoms with Crippen LogP contribution in [0.1, 0.15) is 6.42 Å². The van der Waals surface area contributed by atoms with Crippen molar-refractivity contribution < 1.29 is 28.7 Å². The van der Waals surface area contributed by atoms with Gasteiger partial charge in [-0.05, 0) is 18.2 Å². The van der Waals surface area contributed by atoms with E-state index in [2.05, 4.69) is 10.3 Å². The number of ether oxygens (including phenoxy) is 1.